The van der Waals surface area contributed by atoms with Gasteiger partial charge in [-0.1, -0.05) is 72.8 Å². The first-order chi connectivity index (χ1) is 16.7. The van der Waals surface area contributed by atoms with E-state index in [2.05, 4.69) is 76.9 Å². The summed E-state index contributed by atoms with van der Waals surface area (Å²) in [5, 5.41) is 5.23. The van der Waals surface area contributed by atoms with Crippen LogP contribution in [0, 0.1) is 5.92 Å². The topological polar surface area (TPSA) is 32.3 Å². The van der Waals surface area contributed by atoms with Crippen LogP contribution in [0.5, 0.6) is 0 Å². The van der Waals surface area contributed by atoms with Crippen LogP contribution in [0.15, 0.2) is 84.9 Å². The number of nitrogens with one attached hydrogen (secondary N) is 1. The Labute approximate surface area is 201 Å². The van der Waals surface area contributed by atoms with E-state index in [1.54, 1.807) is 0 Å². The van der Waals surface area contributed by atoms with Crippen LogP contribution in [-0.2, 0) is 19.4 Å². The second-order valence-corrected chi connectivity index (χ2v) is 9.86. The van der Waals surface area contributed by atoms with Gasteiger partial charge in [-0.15, -0.1) is 0 Å². The summed E-state index contributed by atoms with van der Waals surface area (Å²) in [6, 6.07) is 30.3. The van der Waals surface area contributed by atoms with Gasteiger partial charge in [0.05, 0.1) is 0 Å². The Balaban J connectivity index is 1.08. The molecule has 3 heteroatoms. The first kappa shape index (κ1) is 21.1. The van der Waals surface area contributed by atoms with E-state index in [9.17, 15) is 4.79 Å². The predicted molar refractivity (Wildman–Crippen MR) is 139 cm³/mol. The number of amides is 1. The highest BCUT2D eigenvalue weighted by molar-refractivity contribution is 6.24. The smallest absolute Gasteiger partial charge is 0.256 e. The monoisotopic (exact) mass is 446 g/mol. The highest BCUT2D eigenvalue weighted by atomic mass is 16.1. The highest BCUT2D eigenvalue weighted by Gasteiger charge is 2.22. The van der Waals surface area contributed by atoms with Gasteiger partial charge in [-0.2, -0.15) is 0 Å². The van der Waals surface area contributed by atoms with Crippen molar-refractivity contribution in [1.82, 2.24) is 4.90 Å². The van der Waals surface area contributed by atoms with E-state index in [-0.39, 0.29) is 5.91 Å². The van der Waals surface area contributed by atoms with Gasteiger partial charge in [-0.3, -0.25) is 9.69 Å². The van der Waals surface area contributed by atoms with Crippen LogP contribution in [0.1, 0.15) is 45.5 Å². The Morgan fingerprint density at radius 3 is 2.32 bits per heavy atom. The summed E-state index contributed by atoms with van der Waals surface area (Å²) in [4.78, 5) is 14.8. The molecule has 1 fully saturated rings. The number of nitrogens with zero attached hydrogens (tertiary/aromatic N) is 1. The van der Waals surface area contributed by atoms with Crippen molar-refractivity contribution < 1.29 is 4.79 Å². The van der Waals surface area contributed by atoms with Crippen LogP contribution in [0.2, 0.25) is 0 Å². The molecular formula is C31H30N2O. The summed E-state index contributed by atoms with van der Waals surface area (Å²) in [5.74, 6) is 0.785. The van der Waals surface area contributed by atoms with Gasteiger partial charge >= 0.3 is 0 Å². The number of hydrogen-bond acceptors (Lipinski definition) is 2. The zero-order valence-electron chi connectivity index (χ0n) is 19.5. The van der Waals surface area contributed by atoms with Crippen LogP contribution in [0.3, 0.4) is 0 Å². The lowest BCUT2D eigenvalue weighted by Gasteiger charge is -2.32. The molecule has 4 aromatic carbocycles. The third-order valence-corrected chi connectivity index (χ3v) is 7.52. The largest absolute Gasteiger partial charge is 0.321 e. The van der Waals surface area contributed by atoms with Gasteiger partial charge < -0.3 is 5.32 Å². The van der Waals surface area contributed by atoms with E-state index in [1.165, 1.54) is 60.0 Å². The number of carbonyl (C=O) groups is 1. The molecule has 1 N–H and O–H groups in total. The third kappa shape index (κ3) is 4.24. The van der Waals surface area contributed by atoms with Gasteiger partial charge in [0.2, 0.25) is 0 Å². The van der Waals surface area contributed by atoms with Gasteiger partial charge in [-0.05, 0) is 84.5 Å². The average molecular weight is 447 g/mol. The maximum Gasteiger partial charge on any atom is 0.256 e. The molecule has 2 aliphatic heterocycles. The highest BCUT2D eigenvalue weighted by Crippen LogP contribution is 2.35. The Bertz CT molecular complexity index is 1320. The Morgan fingerprint density at radius 1 is 0.765 bits per heavy atom. The fraction of sp³-hybridized carbons (Fsp3) is 0.258. The Hall–Kier alpha value is -3.43. The number of benzene rings is 4. The number of carbonyl (C=O) groups excluding carboxylic acids is 1. The molecule has 4 aromatic rings. The summed E-state index contributed by atoms with van der Waals surface area (Å²) in [7, 11) is 0. The summed E-state index contributed by atoms with van der Waals surface area (Å²) in [6.45, 7) is 3.46. The number of likely N-dealkylation sites (tertiary alicyclic amines) is 1. The standard InChI is InChI=1S/C31H30N2O/c34-31-28-8-4-7-27-26(13-14-29(32-31)30(27)28)20-23-11-9-22(10-12-23)19-24-15-17-33(18-16-24)21-25-5-2-1-3-6-25/h1-14,24H,15-21H2,(H,32,34). The molecule has 0 unspecified atom stereocenters. The number of rotatable bonds is 6. The number of anilines is 1. The molecular weight excluding hydrogens is 416 g/mol. The van der Waals surface area contributed by atoms with Crippen LogP contribution >= 0.6 is 0 Å². The van der Waals surface area contributed by atoms with Gasteiger partial charge in [0.1, 0.15) is 0 Å². The molecule has 34 heavy (non-hydrogen) atoms. The normalized spacial score (nSPS) is 16.2. The van der Waals surface area contributed by atoms with Gasteiger partial charge in [0, 0.05) is 23.2 Å². The third-order valence-electron chi connectivity index (χ3n) is 7.52. The molecule has 2 heterocycles. The first-order valence-corrected chi connectivity index (χ1v) is 12.4. The molecule has 6 rings (SSSR count). The molecule has 0 spiro atoms. The van der Waals surface area contributed by atoms with Crippen molar-refractivity contribution >= 4 is 22.4 Å². The molecule has 170 valence electrons. The molecule has 0 aromatic heterocycles. The molecule has 0 bridgehead atoms. The lowest BCUT2D eigenvalue weighted by Crippen LogP contribution is -2.33. The maximum absolute atomic E-state index is 12.2. The molecule has 2 aliphatic rings. The summed E-state index contributed by atoms with van der Waals surface area (Å²) >= 11 is 0. The fourth-order valence-electron chi connectivity index (χ4n) is 5.64. The van der Waals surface area contributed by atoms with Crippen molar-refractivity contribution in [2.45, 2.75) is 32.2 Å². The Kier molecular flexibility index (Phi) is 5.64. The zero-order valence-corrected chi connectivity index (χ0v) is 19.5. The molecule has 0 atom stereocenters. The van der Waals surface area contributed by atoms with E-state index in [0.29, 0.717) is 0 Å². The molecule has 0 aliphatic carbocycles. The summed E-state index contributed by atoms with van der Waals surface area (Å²) < 4.78 is 0. The second-order valence-electron chi connectivity index (χ2n) is 9.86. The maximum atomic E-state index is 12.2. The molecule has 0 radical (unpaired) electrons. The van der Waals surface area contributed by atoms with Gasteiger partial charge in [-0.25, -0.2) is 0 Å². The van der Waals surface area contributed by atoms with E-state index in [1.807, 2.05) is 18.2 Å². The number of piperidine rings is 1. The van der Waals surface area contributed by atoms with Gasteiger partial charge in [0.15, 0.2) is 0 Å². The van der Waals surface area contributed by atoms with Crippen LogP contribution in [0.4, 0.5) is 5.69 Å². The van der Waals surface area contributed by atoms with E-state index >= 15 is 0 Å². The van der Waals surface area contributed by atoms with Crippen LogP contribution in [-0.4, -0.2) is 23.9 Å². The Morgan fingerprint density at radius 2 is 1.53 bits per heavy atom. The van der Waals surface area contributed by atoms with Crippen LogP contribution < -0.4 is 5.32 Å². The molecule has 1 amide bonds. The van der Waals surface area contributed by atoms with Crippen molar-refractivity contribution in [3.05, 3.63) is 113 Å². The minimum Gasteiger partial charge on any atom is -0.321 e. The van der Waals surface area contributed by atoms with E-state index < -0.39 is 0 Å². The van der Waals surface area contributed by atoms with Crippen molar-refractivity contribution in [3.8, 4) is 0 Å². The SMILES string of the molecule is O=C1Nc2ccc(Cc3ccc(CC4CCN(Cc5ccccc5)CC4)cc3)c3cccc1c23. The lowest BCUT2D eigenvalue weighted by molar-refractivity contribution is 0.103. The molecule has 3 nitrogen and oxygen atoms in total. The molecule has 1 saturated heterocycles. The lowest BCUT2D eigenvalue weighted by atomic mass is 9.89. The predicted octanol–water partition coefficient (Wildman–Crippen LogP) is 6.45. The quantitative estimate of drug-likeness (QED) is 0.369. The average Bonchev–Trinajstić information content (AvgIpc) is 3.21. The molecule has 0 saturated carbocycles. The van der Waals surface area contributed by atoms with Gasteiger partial charge in [0.25, 0.3) is 5.91 Å². The zero-order chi connectivity index (χ0) is 22.9. The minimum absolute atomic E-state index is 0.00741. The van der Waals surface area contributed by atoms with E-state index in [0.717, 1.165) is 35.5 Å². The van der Waals surface area contributed by atoms with Crippen LogP contribution in [0.25, 0.3) is 10.8 Å². The van der Waals surface area contributed by atoms with Crippen molar-refractivity contribution in [2.75, 3.05) is 18.4 Å². The summed E-state index contributed by atoms with van der Waals surface area (Å²) in [5.41, 5.74) is 7.18. The van der Waals surface area contributed by atoms with Crippen molar-refractivity contribution in [3.63, 3.8) is 0 Å². The minimum atomic E-state index is 0.00741. The summed E-state index contributed by atoms with van der Waals surface area (Å²) in [6.07, 6.45) is 4.62. The first-order valence-electron chi connectivity index (χ1n) is 12.4. The van der Waals surface area contributed by atoms with Crippen molar-refractivity contribution in [2.24, 2.45) is 5.92 Å². The second kappa shape index (κ2) is 9.08. The fourth-order valence-corrected chi connectivity index (χ4v) is 5.64. The number of hydrogen-bond donors (Lipinski definition) is 1. The van der Waals surface area contributed by atoms with Crippen molar-refractivity contribution in [1.29, 1.82) is 0 Å². The van der Waals surface area contributed by atoms with E-state index in [4.69, 9.17) is 0 Å².